The summed E-state index contributed by atoms with van der Waals surface area (Å²) in [6.07, 6.45) is 0.692. The molecule has 0 saturated heterocycles. The Morgan fingerprint density at radius 2 is 2.17 bits per heavy atom. The van der Waals surface area contributed by atoms with Crippen LogP contribution in [0.25, 0.3) is 0 Å². The Kier molecular flexibility index (Phi) is 5.45. The van der Waals surface area contributed by atoms with Crippen LogP contribution in [0.3, 0.4) is 0 Å². The van der Waals surface area contributed by atoms with Crippen molar-refractivity contribution in [3.8, 4) is 0 Å². The summed E-state index contributed by atoms with van der Waals surface area (Å²) >= 11 is 0. The maximum Gasteiger partial charge on any atom is 0.172 e. The molecule has 100 valence electrons. The predicted molar refractivity (Wildman–Crippen MR) is 73.3 cm³/mol. The van der Waals surface area contributed by atoms with Crippen LogP contribution in [0.2, 0.25) is 0 Å². The van der Waals surface area contributed by atoms with Crippen LogP contribution in [0.4, 0.5) is 5.69 Å². The summed E-state index contributed by atoms with van der Waals surface area (Å²) < 4.78 is 0. The van der Waals surface area contributed by atoms with Crippen LogP contribution in [-0.2, 0) is 0 Å². The van der Waals surface area contributed by atoms with Crippen LogP contribution in [0.5, 0.6) is 0 Å². The van der Waals surface area contributed by atoms with Crippen molar-refractivity contribution in [2.75, 3.05) is 24.6 Å². The fourth-order valence-corrected chi connectivity index (χ4v) is 1.88. The normalized spacial score (nSPS) is 11.6. The molecule has 5 nitrogen and oxygen atoms in total. The second kappa shape index (κ2) is 6.86. The number of benzene rings is 1. The maximum absolute atomic E-state index is 8.92. The summed E-state index contributed by atoms with van der Waals surface area (Å²) in [7, 11) is 0. The Labute approximate surface area is 108 Å². The van der Waals surface area contributed by atoms with E-state index in [1.807, 2.05) is 32.0 Å². The summed E-state index contributed by atoms with van der Waals surface area (Å²) in [5.41, 5.74) is 8.45. The van der Waals surface area contributed by atoms with Gasteiger partial charge in [0.1, 0.15) is 0 Å². The summed E-state index contributed by atoms with van der Waals surface area (Å²) in [6, 6.07) is 5.78. The first kappa shape index (κ1) is 14.3. The monoisotopic (exact) mass is 251 g/mol. The molecule has 0 saturated carbocycles. The van der Waals surface area contributed by atoms with Gasteiger partial charge in [0.2, 0.25) is 0 Å². The maximum atomic E-state index is 8.92. The fourth-order valence-electron chi connectivity index (χ4n) is 1.88. The van der Waals surface area contributed by atoms with Crippen molar-refractivity contribution < 1.29 is 10.3 Å². The van der Waals surface area contributed by atoms with Crippen molar-refractivity contribution in [1.82, 2.24) is 0 Å². The lowest BCUT2D eigenvalue weighted by atomic mass is 10.1. The van der Waals surface area contributed by atoms with Gasteiger partial charge >= 0.3 is 0 Å². The van der Waals surface area contributed by atoms with Gasteiger partial charge in [0.25, 0.3) is 0 Å². The zero-order chi connectivity index (χ0) is 13.5. The van der Waals surface area contributed by atoms with Crippen molar-refractivity contribution in [2.24, 2.45) is 10.9 Å². The van der Waals surface area contributed by atoms with Crippen molar-refractivity contribution >= 4 is 11.5 Å². The number of rotatable bonds is 6. The number of aliphatic hydroxyl groups excluding tert-OH is 1. The first-order valence-electron chi connectivity index (χ1n) is 6.08. The van der Waals surface area contributed by atoms with Crippen LogP contribution >= 0.6 is 0 Å². The number of aryl methyl sites for hydroxylation is 1. The molecule has 0 unspecified atom stereocenters. The third kappa shape index (κ3) is 3.37. The minimum Gasteiger partial charge on any atom is -0.409 e. The number of hydrogen-bond donors (Lipinski definition) is 3. The van der Waals surface area contributed by atoms with Crippen molar-refractivity contribution in [1.29, 1.82) is 0 Å². The lowest BCUT2D eigenvalue weighted by Gasteiger charge is -2.25. The predicted octanol–water partition coefficient (Wildman–Crippen LogP) is 1.30. The second-order valence-corrected chi connectivity index (χ2v) is 4.16. The molecule has 1 aromatic carbocycles. The molecule has 0 aliphatic carbocycles. The largest absolute Gasteiger partial charge is 0.409 e. The third-order valence-electron chi connectivity index (χ3n) is 2.85. The highest BCUT2D eigenvalue weighted by Gasteiger charge is 2.12. The molecule has 0 spiro atoms. The van der Waals surface area contributed by atoms with E-state index in [9.17, 15) is 0 Å². The zero-order valence-corrected chi connectivity index (χ0v) is 10.9. The molecule has 0 amide bonds. The Morgan fingerprint density at radius 1 is 1.44 bits per heavy atom. The SMILES string of the molecule is CCN(CCCO)c1cc(C)ccc1/C(N)=N/O. The number of hydrogen-bond acceptors (Lipinski definition) is 4. The molecule has 4 N–H and O–H groups in total. The van der Waals surface area contributed by atoms with E-state index in [0.29, 0.717) is 12.0 Å². The van der Waals surface area contributed by atoms with Crippen LogP contribution < -0.4 is 10.6 Å². The molecule has 1 aromatic rings. The number of nitrogens with zero attached hydrogens (tertiary/aromatic N) is 2. The number of aliphatic hydroxyl groups is 1. The summed E-state index contributed by atoms with van der Waals surface area (Å²) in [4.78, 5) is 2.11. The molecule has 1 rings (SSSR count). The van der Waals surface area contributed by atoms with Crippen molar-refractivity contribution in [3.63, 3.8) is 0 Å². The highest BCUT2D eigenvalue weighted by atomic mass is 16.4. The van der Waals surface area contributed by atoms with Gasteiger partial charge in [-0.15, -0.1) is 0 Å². The molecule has 0 heterocycles. The van der Waals surface area contributed by atoms with Gasteiger partial charge in [-0.1, -0.05) is 11.2 Å². The highest BCUT2D eigenvalue weighted by molar-refractivity contribution is 6.02. The molecular weight excluding hydrogens is 230 g/mol. The Morgan fingerprint density at radius 3 is 2.72 bits per heavy atom. The lowest BCUT2D eigenvalue weighted by molar-refractivity contribution is 0.289. The summed E-state index contributed by atoms with van der Waals surface area (Å²) in [6.45, 7) is 5.73. The average molecular weight is 251 g/mol. The van der Waals surface area contributed by atoms with Crippen LogP contribution in [-0.4, -0.2) is 35.8 Å². The lowest BCUT2D eigenvalue weighted by Crippen LogP contribution is -2.28. The van der Waals surface area contributed by atoms with E-state index in [1.165, 1.54) is 0 Å². The number of anilines is 1. The van der Waals surface area contributed by atoms with E-state index in [-0.39, 0.29) is 12.4 Å². The van der Waals surface area contributed by atoms with Gasteiger partial charge in [0, 0.05) is 30.9 Å². The van der Waals surface area contributed by atoms with Gasteiger partial charge in [-0.3, -0.25) is 0 Å². The van der Waals surface area contributed by atoms with E-state index in [0.717, 1.165) is 24.3 Å². The van der Waals surface area contributed by atoms with Crippen LogP contribution in [0.15, 0.2) is 23.4 Å². The highest BCUT2D eigenvalue weighted by Crippen LogP contribution is 2.22. The Balaban J connectivity index is 3.13. The molecule has 0 radical (unpaired) electrons. The second-order valence-electron chi connectivity index (χ2n) is 4.16. The first-order chi connectivity index (χ1) is 8.63. The third-order valence-corrected chi connectivity index (χ3v) is 2.85. The van der Waals surface area contributed by atoms with Gasteiger partial charge in [0.05, 0.1) is 0 Å². The number of nitrogens with two attached hydrogens (primary N) is 1. The molecule has 0 aliphatic rings. The van der Waals surface area contributed by atoms with Gasteiger partial charge in [-0.25, -0.2) is 0 Å². The Bertz CT molecular complexity index is 419. The Hall–Kier alpha value is -1.75. The zero-order valence-electron chi connectivity index (χ0n) is 10.9. The topological polar surface area (TPSA) is 82.1 Å². The standard InChI is InChI=1S/C13H21N3O2/c1-3-16(7-4-8-17)12-9-10(2)5-6-11(12)13(14)15-18/h5-6,9,17-18H,3-4,7-8H2,1-2H3,(H2,14,15). The molecule has 0 atom stereocenters. The van der Waals surface area contributed by atoms with Crippen molar-refractivity contribution in [3.05, 3.63) is 29.3 Å². The first-order valence-corrected chi connectivity index (χ1v) is 6.08. The van der Waals surface area contributed by atoms with Gasteiger partial charge < -0.3 is 20.9 Å². The smallest absolute Gasteiger partial charge is 0.172 e. The minimum absolute atomic E-state index is 0.104. The van der Waals surface area contributed by atoms with E-state index < -0.39 is 0 Å². The minimum atomic E-state index is 0.104. The fraction of sp³-hybridized carbons (Fsp3) is 0.462. The van der Waals surface area contributed by atoms with E-state index in [1.54, 1.807) is 0 Å². The molecule has 0 fully saturated rings. The van der Waals surface area contributed by atoms with E-state index in [2.05, 4.69) is 10.1 Å². The van der Waals surface area contributed by atoms with Crippen LogP contribution in [0, 0.1) is 6.92 Å². The quantitative estimate of drug-likeness (QED) is 0.308. The summed E-state index contributed by atoms with van der Waals surface area (Å²) in [5, 5.41) is 20.8. The van der Waals surface area contributed by atoms with Gasteiger partial charge in [0.15, 0.2) is 5.84 Å². The van der Waals surface area contributed by atoms with Crippen LogP contribution in [0.1, 0.15) is 24.5 Å². The average Bonchev–Trinajstić information content (AvgIpc) is 2.39. The molecule has 0 bridgehead atoms. The molecule has 18 heavy (non-hydrogen) atoms. The number of oxime groups is 1. The molecule has 0 aliphatic heterocycles. The number of amidine groups is 1. The van der Waals surface area contributed by atoms with E-state index >= 15 is 0 Å². The molecular formula is C13H21N3O2. The van der Waals surface area contributed by atoms with E-state index in [4.69, 9.17) is 16.0 Å². The molecule has 0 aromatic heterocycles. The van der Waals surface area contributed by atoms with Gasteiger partial charge in [-0.05, 0) is 38.0 Å². The van der Waals surface area contributed by atoms with Crippen molar-refractivity contribution in [2.45, 2.75) is 20.3 Å². The molecule has 5 heteroatoms. The summed E-state index contributed by atoms with van der Waals surface area (Å²) in [5.74, 6) is 0.104. The van der Waals surface area contributed by atoms with Gasteiger partial charge in [-0.2, -0.15) is 0 Å².